The Bertz CT molecular complexity index is 745. The summed E-state index contributed by atoms with van der Waals surface area (Å²) in [6.45, 7) is 7.58. The normalized spacial score (nSPS) is 20.3. The first-order valence-corrected chi connectivity index (χ1v) is 10.2. The number of morpholine rings is 1. The molecule has 2 aliphatic heterocycles. The molecule has 152 valence electrons. The van der Waals surface area contributed by atoms with Crippen molar-refractivity contribution in [1.82, 2.24) is 9.80 Å². The minimum atomic E-state index is -0.0333. The molecule has 3 aliphatic rings. The molecule has 1 aromatic carbocycles. The van der Waals surface area contributed by atoms with E-state index in [1.165, 1.54) is 0 Å². The SMILES string of the molecule is CC.CN(C)C(=O)c1ccc(N2CC3(C=C(N4CCOCC4)C2=O)CC3)cc1. The van der Waals surface area contributed by atoms with Crippen molar-refractivity contribution in [2.45, 2.75) is 26.7 Å². The van der Waals surface area contributed by atoms with Crippen LogP contribution in [0.2, 0.25) is 0 Å². The van der Waals surface area contributed by atoms with Crippen molar-refractivity contribution in [2.75, 3.05) is 51.8 Å². The van der Waals surface area contributed by atoms with Gasteiger partial charge < -0.3 is 19.4 Å². The van der Waals surface area contributed by atoms with E-state index in [0.717, 1.165) is 43.9 Å². The maximum atomic E-state index is 13.2. The van der Waals surface area contributed by atoms with Crippen LogP contribution in [-0.2, 0) is 9.53 Å². The Kier molecular flexibility index (Phi) is 6.08. The minimum Gasteiger partial charge on any atom is -0.378 e. The van der Waals surface area contributed by atoms with Gasteiger partial charge in [0, 0.05) is 50.4 Å². The lowest BCUT2D eigenvalue weighted by Gasteiger charge is -2.38. The predicted octanol–water partition coefficient (Wildman–Crippen LogP) is 2.76. The van der Waals surface area contributed by atoms with Crippen molar-refractivity contribution in [1.29, 1.82) is 0 Å². The summed E-state index contributed by atoms with van der Waals surface area (Å²) in [5.41, 5.74) is 2.42. The molecule has 2 fully saturated rings. The van der Waals surface area contributed by atoms with E-state index in [2.05, 4.69) is 11.0 Å². The van der Waals surface area contributed by atoms with Crippen LogP contribution in [0.3, 0.4) is 0 Å². The predicted molar refractivity (Wildman–Crippen MR) is 110 cm³/mol. The Morgan fingerprint density at radius 1 is 1.07 bits per heavy atom. The molecule has 2 heterocycles. The molecule has 0 atom stereocenters. The molecule has 1 aliphatic carbocycles. The Labute approximate surface area is 167 Å². The van der Waals surface area contributed by atoms with E-state index in [-0.39, 0.29) is 17.2 Å². The molecule has 1 aromatic rings. The Morgan fingerprint density at radius 2 is 1.68 bits per heavy atom. The highest BCUT2D eigenvalue weighted by Gasteiger charge is 2.48. The summed E-state index contributed by atoms with van der Waals surface area (Å²) in [7, 11) is 3.47. The molecule has 0 bridgehead atoms. The number of carbonyl (C=O) groups is 2. The third kappa shape index (κ3) is 4.07. The summed E-state index contributed by atoms with van der Waals surface area (Å²) >= 11 is 0. The Hall–Kier alpha value is -2.34. The molecular weight excluding hydrogens is 354 g/mol. The third-order valence-electron chi connectivity index (χ3n) is 5.46. The van der Waals surface area contributed by atoms with E-state index < -0.39 is 0 Å². The summed E-state index contributed by atoms with van der Waals surface area (Å²) in [6, 6.07) is 7.37. The zero-order valence-electron chi connectivity index (χ0n) is 17.4. The number of nitrogens with zero attached hydrogens (tertiary/aromatic N) is 3. The van der Waals surface area contributed by atoms with Crippen LogP contribution in [0.25, 0.3) is 0 Å². The van der Waals surface area contributed by atoms with Crippen molar-refractivity contribution in [3.63, 3.8) is 0 Å². The van der Waals surface area contributed by atoms with Gasteiger partial charge in [-0.05, 0) is 43.2 Å². The number of carbonyl (C=O) groups excluding carboxylic acids is 2. The third-order valence-corrected chi connectivity index (χ3v) is 5.46. The average Bonchev–Trinajstić information content (AvgIpc) is 3.50. The van der Waals surface area contributed by atoms with Gasteiger partial charge in [-0.15, -0.1) is 0 Å². The number of hydrogen-bond donors (Lipinski definition) is 0. The fourth-order valence-electron chi connectivity index (χ4n) is 3.67. The molecule has 4 rings (SSSR count). The van der Waals surface area contributed by atoms with Gasteiger partial charge in [-0.2, -0.15) is 0 Å². The molecule has 6 heteroatoms. The second-order valence-corrected chi connectivity index (χ2v) is 7.63. The standard InChI is InChI=1S/C20H25N3O3.C2H6/c1-21(2)18(24)15-3-5-16(6-4-15)23-14-20(7-8-20)13-17(19(23)25)22-9-11-26-12-10-22;1-2/h3-6,13H,7-12,14H2,1-2H3;1-2H3. The zero-order chi connectivity index (χ0) is 20.3. The van der Waals surface area contributed by atoms with Crippen LogP contribution < -0.4 is 4.90 Å². The van der Waals surface area contributed by atoms with Crippen LogP contribution in [0, 0.1) is 5.41 Å². The van der Waals surface area contributed by atoms with Crippen molar-refractivity contribution < 1.29 is 14.3 Å². The highest BCUT2D eigenvalue weighted by molar-refractivity contribution is 6.06. The number of anilines is 1. The molecular formula is C22H31N3O3. The van der Waals surface area contributed by atoms with Crippen LogP contribution in [0.15, 0.2) is 36.0 Å². The quantitative estimate of drug-likeness (QED) is 0.803. The van der Waals surface area contributed by atoms with Crippen molar-refractivity contribution in [3.05, 3.63) is 41.6 Å². The van der Waals surface area contributed by atoms with Gasteiger partial charge in [0.2, 0.25) is 0 Å². The van der Waals surface area contributed by atoms with E-state index in [4.69, 9.17) is 4.74 Å². The van der Waals surface area contributed by atoms with E-state index in [1.807, 2.05) is 30.9 Å². The van der Waals surface area contributed by atoms with Crippen LogP contribution >= 0.6 is 0 Å². The number of ether oxygens (including phenoxy) is 1. The zero-order valence-corrected chi connectivity index (χ0v) is 17.4. The van der Waals surface area contributed by atoms with E-state index in [1.54, 1.807) is 31.1 Å². The maximum Gasteiger partial charge on any atom is 0.274 e. The molecule has 1 saturated heterocycles. The Morgan fingerprint density at radius 3 is 2.21 bits per heavy atom. The summed E-state index contributed by atoms with van der Waals surface area (Å²) in [5, 5.41) is 0. The summed E-state index contributed by atoms with van der Waals surface area (Å²) in [5.74, 6) is 0.0187. The number of hydrogen-bond acceptors (Lipinski definition) is 4. The van der Waals surface area contributed by atoms with Crippen molar-refractivity contribution >= 4 is 17.5 Å². The van der Waals surface area contributed by atoms with E-state index in [0.29, 0.717) is 18.8 Å². The molecule has 6 nitrogen and oxygen atoms in total. The first kappa shape index (κ1) is 20.4. The van der Waals surface area contributed by atoms with Gasteiger partial charge in [0.1, 0.15) is 0 Å². The van der Waals surface area contributed by atoms with Gasteiger partial charge in [-0.1, -0.05) is 13.8 Å². The van der Waals surface area contributed by atoms with Gasteiger partial charge in [-0.25, -0.2) is 0 Å². The summed E-state index contributed by atoms with van der Waals surface area (Å²) in [6.07, 6.45) is 4.45. The molecule has 1 spiro atoms. The molecule has 0 aromatic heterocycles. The fourth-order valence-corrected chi connectivity index (χ4v) is 3.67. The van der Waals surface area contributed by atoms with Gasteiger partial charge >= 0.3 is 0 Å². The molecule has 0 unspecified atom stereocenters. The first-order valence-electron chi connectivity index (χ1n) is 10.2. The largest absolute Gasteiger partial charge is 0.378 e. The average molecular weight is 386 g/mol. The number of benzene rings is 1. The van der Waals surface area contributed by atoms with Crippen LogP contribution in [0.1, 0.15) is 37.0 Å². The second kappa shape index (κ2) is 8.35. The highest BCUT2D eigenvalue weighted by atomic mass is 16.5. The van der Waals surface area contributed by atoms with E-state index >= 15 is 0 Å². The van der Waals surface area contributed by atoms with Gasteiger partial charge in [0.15, 0.2) is 0 Å². The van der Waals surface area contributed by atoms with E-state index in [9.17, 15) is 9.59 Å². The molecule has 2 amide bonds. The van der Waals surface area contributed by atoms with Crippen LogP contribution in [-0.4, -0.2) is 68.6 Å². The Balaban J connectivity index is 0.00000109. The molecule has 28 heavy (non-hydrogen) atoms. The van der Waals surface area contributed by atoms with Crippen LogP contribution in [0.5, 0.6) is 0 Å². The van der Waals surface area contributed by atoms with Crippen LogP contribution in [0.4, 0.5) is 5.69 Å². The molecule has 0 N–H and O–H groups in total. The van der Waals surface area contributed by atoms with Gasteiger partial charge in [0.25, 0.3) is 11.8 Å². The molecule has 1 saturated carbocycles. The monoisotopic (exact) mass is 385 g/mol. The lowest BCUT2D eigenvalue weighted by Crippen LogP contribution is -2.48. The van der Waals surface area contributed by atoms with Crippen molar-refractivity contribution in [3.8, 4) is 0 Å². The number of rotatable bonds is 3. The second-order valence-electron chi connectivity index (χ2n) is 7.63. The first-order chi connectivity index (χ1) is 13.5. The smallest absolute Gasteiger partial charge is 0.274 e. The summed E-state index contributed by atoms with van der Waals surface area (Å²) < 4.78 is 5.43. The lowest BCUT2D eigenvalue weighted by atomic mass is 9.98. The topological polar surface area (TPSA) is 53.1 Å². The molecule has 0 radical (unpaired) electrons. The summed E-state index contributed by atoms with van der Waals surface area (Å²) in [4.78, 5) is 30.8. The number of amides is 2. The van der Waals surface area contributed by atoms with Crippen molar-refractivity contribution in [2.24, 2.45) is 5.41 Å². The minimum absolute atomic E-state index is 0.0333. The van der Waals surface area contributed by atoms with Gasteiger partial charge in [-0.3, -0.25) is 9.59 Å². The highest BCUT2D eigenvalue weighted by Crippen LogP contribution is 2.51. The maximum absolute atomic E-state index is 13.2. The lowest BCUT2D eigenvalue weighted by molar-refractivity contribution is -0.117. The van der Waals surface area contributed by atoms with Gasteiger partial charge in [0.05, 0.1) is 18.9 Å². The fraction of sp³-hybridized carbons (Fsp3) is 0.545.